The summed E-state index contributed by atoms with van der Waals surface area (Å²) in [5, 5.41) is 0. The van der Waals surface area contributed by atoms with E-state index in [-0.39, 0.29) is 0 Å². The van der Waals surface area contributed by atoms with Gasteiger partial charge in [-0.15, -0.1) is 6.58 Å². The molecule has 1 aromatic carbocycles. The van der Waals surface area contributed by atoms with Crippen LogP contribution in [-0.4, -0.2) is 7.11 Å². The Labute approximate surface area is 99.1 Å². The number of hydrogen-bond acceptors (Lipinski definition) is 1. The van der Waals surface area contributed by atoms with E-state index in [1.807, 2.05) is 6.08 Å². The van der Waals surface area contributed by atoms with E-state index < -0.39 is 0 Å². The van der Waals surface area contributed by atoms with E-state index in [1.54, 1.807) is 7.11 Å². The Kier molecular flexibility index (Phi) is 5.10. The van der Waals surface area contributed by atoms with Gasteiger partial charge in [0.05, 0.1) is 7.11 Å². The first-order valence-corrected chi connectivity index (χ1v) is 6.01. The Morgan fingerprint density at radius 2 is 2.12 bits per heavy atom. The van der Waals surface area contributed by atoms with E-state index in [4.69, 9.17) is 4.74 Å². The molecule has 0 aliphatic heterocycles. The lowest BCUT2D eigenvalue weighted by molar-refractivity contribution is 0.413. The third-order valence-corrected chi connectivity index (χ3v) is 2.92. The minimum Gasteiger partial charge on any atom is -0.497 e. The van der Waals surface area contributed by atoms with Crippen molar-refractivity contribution in [3.8, 4) is 5.75 Å². The highest BCUT2D eigenvalue weighted by molar-refractivity contribution is 5.37. The Balaban J connectivity index is 2.95. The second kappa shape index (κ2) is 6.37. The molecule has 0 saturated carbocycles. The molecule has 1 nitrogen and oxygen atoms in total. The van der Waals surface area contributed by atoms with E-state index in [2.05, 4.69) is 38.6 Å². The van der Waals surface area contributed by atoms with Gasteiger partial charge in [0, 0.05) is 0 Å². The van der Waals surface area contributed by atoms with E-state index in [1.165, 1.54) is 24.0 Å². The molecule has 0 aliphatic rings. The van der Waals surface area contributed by atoms with Gasteiger partial charge in [-0.3, -0.25) is 0 Å². The van der Waals surface area contributed by atoms with Crippen LogP contribution in [0.5, 0.6) is 5.75 Å². The lowest BCUT2D eigenvalue weighted by Crippen LogP contribution is -1.95. The molecule has 0 saturated heterocycles. The molecule has 0 fully saturated rings. The number of ether oxygens (including phenoxy) is 1. The highest BCUT2D eigenvalue weighted by atomic mass is 16.5. The van der Waals surface area contributed by atoms with E-state index in [9.17, 15) is 0 Å². The molecular weight excluding hydrogens is 196 g/mol. The number of aryl methyl sites for hydroxylation is 1. The monoisotopic (exact) mass is 218 g/mol. The molecule has 1 heteroatoms. The second-order valence-electron chi connectivity index (χ2n) is 4.24. The van der Waals surface area contributed by atoms with Gasteiger partial charge in [0.25, 0.3) is 0 Å². The van der Waals surface area contributed by atoms with Crippen LogP contribution in [0, 0.1) is 0 Å². The summed E-state index contributed by atoms with van der Waals surface area (Å²) in [6, 6.07) is 6.50. The number of hydrogen-bond donors (Lipinski definition) is 0. The molecule has 1 aromatic rings. The van der Waals surface area contributed by atoms with Crippen LogP contribution in [0.4, 0.5) is 0 Å². The van der Waals surface area contributed by atoms with Gasteiger partial charge < -0.3 is 4.74 Å². The Hall–Kier alpha value is -1.24. The van der Waals surface area contributed by atoms with E-state index in [0.717, 1.165) is 12.2 Å². The van der Waals surface area contributed by atoms with Crippen LogP contribution in [0.15, 0.2) is 30.9 Å². The number of unbranched alkanes of at least 4 members (excludes halogenated alkanes) is 1. The van der Waals surface area contributed by atoms with Gasteiger partial charge in [0.2, 0.25) is 0 Å². The molecule has 0 bridgehead atoms. The Morgan fingerprint density at radius 1 is 1.38 bits per heavy atom. The summed E-state index contributed by atoms with van der Waals surface area (Å²) in [4.78, 5) is 0. The number of methoxy groups -OCH3 is 1. The first kappa shape index (κ1) is 12.8. The van der Waals surface area contributed by atoms with Crippen molar-refractivity contribution < 1.29 is 4.74 Å². The average molecular weight is 218 g/mol. The first-order chi connectivity index (χ1) is 7.71. The minimum atomic E-state index is 0.385. The van der Waals surface area contributed by atoms with Crippen molar-refractivity contribution in [3.63, 3.8) is 0 Å². The lowest BCUT2D eigenvalue weighted by atomic mass is 9.97. The van der Waals surface area contributed by atoms with Gasteiger partial charge in [0.1, 0.15) is 5.75 Å². The highest BCUT2D eigenvalue weighted by Gasteiger charge is 2.05. The van der Waals surface area contributed by atoms with Crippen LogP contribution in [-0.2, 0) is 6.42 Å². The normalized spacial score (nSPS) is 12.2. The molecule has 16 heavy (non-hydrogen) atoms. The van der Waals surface area contributed by atoms with Crippen LogP contribution in [0.3, 0.4) is 0 Å². The van der Waals surface area contributed by atoms with Gasteiger partial charge >= 0.3 is 0 Å². The molecule has 1 rings (SSSR count). The maximum absolute atomic E-state index is 5.34. The van der Waals surface area contributed by atoms with E-state index >= 15 is 0 Å². The van der Waals surface area contributed by atoms with Crippen molar-refractivity contribution in [2.45, 2.75) is 39.0 Å². The molecule has 0 spiro atoms. The fourth-order valence-corrected chi connectivity index (χ4v) is 1.73. The molecule has 88 valence electrons. The molecule has 0 aromatic heterocycles. The maximum Gasteiger partial charge on any atom is 0.119 e. The van der Waals surface area contributed by atoms with Gasteiger partial charge in [-0.1, -0.05) is 32.4 Å². The molecule has 0 heterocycles. The quantitative estimate of drug-likeness (QED) is 0.646. The van der Waals surface area contributed by atoms with Crippen molar-refractivity contribution in [1.82, 2.24) is 0 Å². The van der Waals surface area contributed by atoms with Crippen molar-refractivity contribution in [2.75, 3.05) is 7.11 Å². The number of allylic oxidation sites excluding steroid dienone is 1. The third-order valence-electron chi connectivity index (χ3n) is 2.92. The number of benzene rings is 1. The number of rotatable bonds is 6. The van der Waals surface area contributed by atoms with Gasteiger partial charge in [0.15, 0.2) is 0 Å². The molecule has 1 atom stereocenters. The van der Waals surface area contributed by atoms with Gasteiger partial charge in [-0.05, 0) is 42.0 Å². The third kappa shape index (κ3) is 3.41. The second-order valence-corrected chi connectivity index (χ2v) is 4.24. The molecule has 0 N–H and O–H groups in total. The molecule has 1 unspecified atom stereocenters. The highest BCUT2D eigenvalue weighted by Crippen LogP contribution is 2.24. The SMILES string of the molecule is C=CC(C)c1cc(CCCC)cc(OC)c1. The summed E-state index contributed by atoms with van der Waals surface area (Å²) >= 11 is 0. The largest absolute Gasteiger partial charge is 0.497 e. The first-order valence-electron chi connectivity index (χ1n) is 6.01. The van der Waals surface area contributed by atoms with Gasteiger partial charge in [-0.2, -0.15) is 0 Å². The zero-order chi connectivity index (χ0) is 12.0. The smallest absolute Gasteiger partial charge is 0.119 e. The van der Waals surface area contributed by atoms with Crippen molar-refractivity contribution >= 4 is 0 Å². The summed E-state index contributed by atoms with van der Waals surface area (Å²) in [6.45, 7) is 8.22. The summed E-state index contributed by atoms with van der Waals surface area (Å²) < 4.78 is 5.34. The van der Waals surface area contributed by atoms with Crippen LogP contribution in [0.1, 0.15) is 43.7 Å². The summed E-state index contributed by atoms with van der Waals surface area (Å²) in [6.07, 6.45) is 5.56. The topological polar surface area (TPSA) is 9.23 Å². The van der Waals surface area contributed by atoms with Crippen LogP contribution in [0.2, 0.25) is 0 Å². The molecular formula is C15H22O. The van der Waals surface area contributed by atoms with E-state index in [0.29, 0.717) is 5.92 Å². The Bertz CT molecular complexity index is 341. The summed E-state index contributed by atoms with van der Waals surface area (Å²) in [5.41, 5.74) is 2.66. The zero-order valence-corrected chi connectivity index (χ0v) is 10.6. The van der Waals surface area contributed by atoms with Gasteiger partial charge in [-0.25, -0.2) is 0 Å². The maximum atomic E-state index is 5.34. The van der Waals surface area contributed by atoms with Crippen LogP contribution < -0.4 is 4.74 Å². The molecule has 0 radical (unpaired) electrons. The average Bonchev–Trinajstić information content (AvgIpc) is 2.34. The van der Waals surface area contributed by atoms with Crippen LogP contribution in [0.25, 0.3) is 0 Å². The lowest BCUT2D eigenvalue weighted by Gasteiger charge is -2.11. The predicted molar refractivity (Wildman–Crippen MR) is 70.2 cm³/mol. The van der Waals surface area contributed by atoms with Crippen LogP contribution >= 0.6 is 0 Å². The van der Waals surface area contributed by atoms with Crippen molar-refractivity contribution in [1.29, 1.82) is 0 Å². The van der Waals surface area contributed by atoms with Crippen molar-refractivity contribution in [3.05, 3.63) is 42.0 Å². The summed E-state index contributed by atoms with van der Waals surface area (Å²) in [7, 11) is 1.72. The minimum absolute atomic E-state index is 0.385. The molecule has 0 aliphatic carbocycles. The fourth-order valence-electron chi connectivity index (χ4n) is 1.73. The standard InChI is InChI=1S/C15H22O/c1-5-7-8-13-9-14(12(3)6-2)11-15(10-13)16-4/h6,9-12H,2,5,7-8H2,1,3-4H3. The predicted octanol–water partition coefficient (Wildman–Crippen LogP) is 4.33. The summed E-state index contributed by atoms with van der Waals surface area (Å²) in [5.74, 6) is 1.34. The van der Waals surface area contributed by atoms with Crippen molar-refractivity contribution in [2.24, 2.45) is 0 Å². The Morgan fingerprint density at radius 3 is 2.69 bits per heavy atom. The zero-order valence-electron chi connectivity index (χ0n) is 10.6. The fraction of sp³-hybridized carbons (Fsp3) is 0.467. The molecule has 0 amide bonds.